The van der Waals surface area contributed by atoms with Crippen LogP contribution in [0, 0.1) is 0 Å². The Labute approximate surface area is 177 Å². The van der Waals surface area contributed by atoms with Crippen molar-refractivity contribution >= 4 is 30.4 Å². The van der Waals surface area contributed by atoms with Crippen molar-refractivity contribution in [2.75, 3.05) is 36.9 Å². The number of phenols is 1. The van der Waals surface area contributed by atoms with Crippen molar-refractivity contribution in [1.82, 2.24) is 0 Å². The highest BCUT2D eigenvalue weighted by Crippen LogP contribution is 2.21. The topological polar surface area (TPSA) is 183 Å². The van der Waals surface area contributed by atoms with Crippen LogP contribution < -0.4 is 0 Å². The third-order valence-corrected chi connectivity index (χ3v) is 6.97. The van der Waals surface area contributed by atoms with Gasteiger partial charge in [-0.3, -0.25) is 13.7 Å². The molecule has 30 heavy (non-hydrogen) atoms. The van der Waals surface area contributed by atoms with Crippen LogP contribution in [0.1, 0.15) is 24.8 Å². The molecular weight excluding hydrogens is 462 g/mol. The van der Waals surface area contributed by atoms with Crippen molar-refractivity contribution in [3.05, 3.63) is 29.8 Å². The van der Waals surface area contributed by atoms with Crippen molar-refractivity contribution in [2.45, 2.75) is 25.8 Å². The average molecular weight is 491 g/mol. The van der Waals surface area contributed by atoms with E-state index in [2.05, 4.69) is 0 Å². The zero-order valence-electron chi connectivity index (χ0n) is 16.3. The van der Waals surface area contributed by atoms with Crippen LogP contribution in [-0.4, -0.2) is 85.4 Å². The van der Waals surface area contributed by atoms with E-state index in [9.17, 15) is 30.4 Å². The van der Waals surface area contributed by atoms with Crippen LogP contribution in [0.4, 0.5) is 0 Å². The third-order valence-electron chi connectivity index (χ3n) is 4.56. The van der Waals surface area contributed by atoms with Crippen LogP contribution >= 0.6 is 0 Å². The van der Waals surface area contributed by atoms with E-state index in [0.717, 1.165) is 5.56 Å². The summed E-state index contributed by atoms with van der Waals surface area (Å²) in [6, 6.07) is 6.13. The quantitative estimate of drug-likeness (QED) is 0.212. The van der Waals surface area contributed by atoms with Crippen molar-refractivity contribution in [3.8, 4) is 5.75 Å². The number of hydrogen-bond acceptors (Lipinski definition) is 7. The highest BCUT2D eigenvalue weighted by molar-refractivity contribution is 7.86. The molecule has 4 N–H and O–H groups in total. The molecule has 1 aromatic carbocycles. The molecule has 0 fully saturated rings. The van der Waals surface area contributed by atoms with E-state index >= 15 is 0 Å². The van der Waals surface area contributed by atoms with Gasteiger partial charge in [0.15, 0.2) is 0 Å². The lowest BCUT2D eigenvalue weighted by Gasteiger charge is -2.39. The second-order valence-electron chi connectivity index (χ2n) is 7.26. The van der Waals surface area contributed by atoms with Gasteiger partial charge in [-0.2, -0.15) is 25.3 Å². The number of quaternary nitrogens is 1. The summed E-state index contributed by atoms with van der Waals surface area (Å²) < 4.78 is 93.7. The van der Waals surface area contributed by atoms with Gasteiger partial charge in [0.25, 0.3) is 30.4 Å². The first-order valence-corrected chi connectivity index (χ1v) is 13.9. The molecule has 0 amide bonds. The summed E-state index contributed by atoms with van der Waals surface area (Å²) in [7, 11) is -12.7. The summed E-state index contributed by atoms with van der Waals surface area (Å²) in [6.07, 6.45) is 0.0675. The van der Waals surface area contributed by atoms with Gasteiger partial charge in [0.2, 0.25) is 0 Å². The molecule has 0 aromatic heterocycles. The molecule has 174 valence electrons. The normalized spacial score (nSPS) is 13.4. The fourth-order valence-electron chi connectivity index (χ4n) is 3.31. The van der Waals surface area contributed by atoms with E-state index < -0.39 is 47.6 Å². The molecule has 1 rings (SSSR count). The summed E-state index contributed by atoms with van der Waals surface area (Å²) in [5.41, 5.74) is 0.721. The second kappa shape index (κ2) is 10.8. The summed E-state index contributed by atoms with van der Waals surface area (Å²) in [5.74, 6) is -1.56. The number of phenolic OH excluding ortho intramolecular Hbond substituents is 1. The molecule has 0 saturated carbocycles. The van der Waals surface area contributed by atoms with Crippen molar-refractivity contribution in [1.29, 1.82) is 0 Å². The minimum atomic E-state index is -4.23. The maximum atomic E-state index is 11.1. The lowest BCUT2D eigenvalue weighted by atomic mass is 10.1. The lowest BCUT2D eigenvalue weighted by molar-refractivity contribution is -0.941. The monoisotopic (exact) mass is 490 g/mol. The molecule has 0 radical (unpaired) electrons. The van der Waals surface area contributed by atoms with Crippen LogP contribution in [0.5, 0.6) is 5.75 Å². The standard InChI is InChI=1S/C16H27NO10S3/c18-16-6-4-15(5-7-16)14-17(8-1-11-28(19,20)21,9-2-12-29(22,23)24)10-3-13-30(25,26)27/h4-7H,1-3,8-14H2,(H3-,18,19,20,21,22,23,24,25,26,27)/p+1. The van der Waals surface area contributed by atoms with Gasteiger partial charge in [0.1, 0.15) is 12.3 Å². The fraction of sp³-hybridized carbons (Fsp3) is 0.625. The molecule has 0 heterocycles. The Hall–Kier alpha value is -1.29. The number of hydrogen-bond donors (Lipinski definition) is 4. The molecule has 14 heteroatoms. The Kier molecular flexibility index (Phi) is 9.66. The minimum Gasteiger partial charge on any atom is -0.508 e. The maximum absolute atomic E-state index is 11.1. The smallest absolute Gasteiger partial charge is 0.265 e. The third kappa shape index (κ3) is 12.4. The van der Waals surface area contributed by atoms with Crippen molar-refractivity contribution < 1.29 is 48.5 Å². The predicted octanol–water partition coefficient (Wildman–Crippen LogP) is 0.543. The van der Waals surface area contributed by atoms with Gasteiger partial charge in [-0.25, -0.2) is 0 Å². The Morgan fingerprint density at radius 3 is 1.27 bits per heavy atom. The van der Waals surface area contributed by atoms with Gasteiger partial charge in [0.05, 0.1) is 36.9 Å². The SMILES string of the molecule is O=S(=O)(O)CCC[N+](CCCS(=O)(=O)O)(CCCS(=O)(=O)O)Cc1ccc(O)cc1. The molecule has 0 aliphatic heterocycles. The van der Waals surface area contributed by atoms with Crippen molar-refractivity contribution in [3.63, 3.8) is 0 Å². The second-order valence-corrected chi connectivity index (χ2v) is 12.0. The van der Waals surface area contributed by atoms with E-state index in [0.29, 0.717) is 0 Å². The first-order valence-electron chi connectivity index (χ1n) is 9.08. The van der Waals surface area contributed by atoms with E-state index in [1.807, 2.05) is 0 Å². The Morgan fingerprint density at radius 2 is 0.967 bits per heavy atom. The molecule has 0 aliphatic rings. The van der Waals surface area contributed by atoms with Gasteiger partial charge < -0.3 is 9.59 Å². The van der Waals surface area contributed by atoms with E-state index in [1.165, 1.54) is 12.1 Å². The Balaban J connectivity index is 3.12. The van der Waals surface area contributed by atoms with Gasteiger partial charge in [-0.1, -0.05) is 0 Å². The van der Waals surface area contributed by atoms with Crippen LogP contribution in [0.25, 0.3) is 0 Å². The molecule has 0 bridgehead atoms. The molecule has 0 saturated heterocycles. The largest absolute Gasteiger partial charge is 0.508 e. The highest BCUT2D eigenvalue weighted by Gasteiger charge is 2.29. The van der Waals surface area contributed by atoms with Crippen LogP contribution in [0.2, 0.25) is 0 Å². The minimum absolute atomic E-state index is 0.0225. The molecule has 0 unspecified atom stereocenters. The lowest BCUT2D eigenvalue weighted by Crippen LogP contribution is -2.50. The van der Waals surface area contributed by atoms with Crippen molar-refractivity contribution in [2.24, 2.45) is 0 Å². The average Bonchev–Trinajstić information content (AvgIpc) is 2.53. The first-order chi connectivity index (χ1) is 13.6. The zero-order valence-corrected chi connectivity index (χ0v) is 18.7. The van der Waals surface area contributed by atoms with Crippen LogP contribution in [-0.2, 0) is 36.9 Å². The number of aromatic hydroxyl groups is 1. The fourth-order valence-corrected chi connectivity index (χ4v) is 4.79. The van der Waals surface area contributed by atoms with Gasteiger partial charge >= 0.3 is 0 Å². The van der Waals surface area contributed by atoms with E-state index in [4.69, 9.17) is 13.7 Å². The van der Waals surface area contributed by atoms with Crippen LogP contribution in [0.3, 0.4) is 0 Å². The molecular formula is C16H28NO10S3+. The summed E-state index contributed by atoms with van der Waals surface area (Å²) >= 11 is 0. The summed E-state index contributed by atoms with van der Waals surface area (Å²) in [5, 5.41) is 9.46. The van der Waals surface area contributed by atoms with Gasteiger partial charge in [-0.05, 0) is 24.3 Å². The maximum Gasteiger partial charge on any atom is 0.265 e. The van der Waals surface area contributed by atoms with Gasteiger partial charge in [-0.15, -0.1) is 0 Å². The highest BCUT2D eigenvalue weighted by atomic mass is 32.2. The number of nitrogens with zero attached hydrogens (tertiary/aromatic N) is 1. The molecule has 0 aliphatic carbocycles. The first kappa shape index (κ1) is 26.7. The number of rotatable bonds is 14. The summed E-state index contributed by atoms with van der Waals surface area (Å²) in [6.45, 7) is 0.746. The Bertz CT molecular complexity index is 893. The summed E-state index contributed by atoms with van der Waals surface area (Å²) in [4.78, 5) is 0. The van der Waals surface area contributed by atoms with E-state index in [1.54, 1.807) is 12.1 Å². The zero-order chi connectivity index (χ0) is 23.1. The molecule has 11 nitrogen and oxygen atoms in total. The van der Waals surface area contributed by atoms with Crippen LogP contribution in [0.15, 0.2) is 24.3 Å². The molecule has 0 spiro atoms. The molecule has 1 aromatic rings. The predicted molar refractivity (Wildman–Crippen MR) is 110 cm³/mol. The number of benzene rings is 1. The van der Waals surface area contributed by atoms with E-state index in [-0.39, 0.29) is 55.7 Å². The Morgan fingerprint density at radius 1 is 0.633 bits per heavy atom. The molecule has 0 atom stereocenters. The van der Waals surface area contributed by atoms with Gasteiger partial charge in [0, 0.05) is 24.8 Å².